The van der Waals surface area contributed by atoms with E-state index in [9.17, 15) is 4.79 Å². The maximum absolute atomic E-state index is 12.0. The van der Waals surface area contributed by atoms with Crippen LogP contribution >= 0.6 is 11.3 Å². The first-order valence-electron chi connectivity index (χ1n) is 7.44. The van der Waals surface area contributed by atoms with Crippen molar-refractivity contribution in [2.45, 2.75) is 32.2 Å². The fraction of sp³-hybridized carbons (Fsp3) is 0.294. The molecule has 0 fully saturated rings. The second-order valence-electron chi connectivity index (χ2n) is 5.50. The van der Waals surface area contributed by atoms with Crippen molar-refractivity contribution in [1.29, 1.82) is 0 Å². The molecule has 3 heterocycles. The average Bonchev–Trinajstić information content (AvgIpc) is 3.13. The highest BCUT2D eigenvalue weighted by molar-refractivity contribution is 7.07. The van der Waals surface area contributed by atoms with Gasteiger partial charge in [-0.15, -0.1) is 0 Å². The van der Waals surface area contributed by atoms with Gasteiger partial charge in [-0.1, -0.05) is 6.07 Å². The summed E-state index contributed by atoms with van der Waals surface area (Å²) in [5.74, 6) is 0.0831. The molecule has 0 aliphatic heterocycles. The van der Waals surface area contributed by atoms with Crippen LogP contribution in [0.3, 0.4) is 0 Å². The Morgan fingerprint density at radius 2 is 2.32 bits per heavy atom. The number of amides is 1. The number of rotatable bonds is 6. The number of imidazole rings is 1. The number of nitrogens with zero attached hydrogens (tertiary/aromatic N) is 2. The molecule has 3 aromatic heterocycles. The minimum absolute atomic E-state index is 0.0831. The molecule has 0 aliphatic carbocycles. The van der Waals surface area contributed by atoms with E-state index in [0.29, 0.717) is 12.8 Å². The summed E-state index contributed by atoms with van der Waals surface area (Å²) in [5, 5.41) is 7.24. The molecule has 3 rings (SSSR count). The fourth-order valence-electron chi connectivity index (χ4n) is 2.51. The summed E-state index contributed by atoms with van der Waals surface area (Å²) in [6, 6.07) is 8.15. The van der Waals surface area contributed by atoms with Crippen LogP contribution in [0.1, 0.15) is 24.6 Å². The summed E-state index contributed by atoms with van der Waals surface area (Å²) in [6.45, 7) is 2.04. The van der Waals surface area contributed by atoms with Gasteiger partial charge in [-0.05, 0) is 54.3 Å². The Kier molecular flexibility index (Phi) is 4.53. The number of carbonyl (C=O) groups excluding carboxylic acids is 1. The Morgan fingerprint density at radius 3 is 3.09 bits per heavy atom. The lowest BCUT2D eigenvalue weighted by Gasteiger charge is -2.12. The molecule has 0 spiro atoms. The van der Waals surface area contributed by atoms with Gasteiger partial charge in [0.15, 0.2) is 0 Å². The van der Waals surface area contributed by atoms with E-state index in [4.69, 9.17) is 0 Å². The Labute approximate surface area is 133 Å². The van der Waals surface area contributed by atoms with E-state index in [0.717, 1.165) is 17.8 Å². The fourth-order valence-corrected chi connectivity index (χ4v) is 3.19. The van der Waals surface area contributed by atoms with Crippen LogP contribution in [0, 0.1) is 0 Å². The third-order valence-electron chi connectivity index (χ3n) is 3.55. The van der Waals surface area contributed by atoms with Crippen molar-refractivity contribution in [3.05, 3.63) is 58.7 Å². The zero-order chi connectivity index (χ0) is 15.4. The van der Waals surface area contributed by atoms with E-state index in [-0.39, 0.29) is 11.9 Å². The smallest absolute Gasteiger partial charge is 0.220 e. The molecule has 0 saturated heterocycles. The molecule has 1 atom stereocenters. The van der Waals surface area contributed by atoms with Crippen LogP contribution < -0.4 is 5.32 Å². The Bertz CT molecular complexity index is 715. The van der Waals surface area contributed by atoms with Crippen LogP contribution in [0.25, 0.3) is 5.65 Å². The second-order valence-corrected chi connectivity index (χ2v) is 6.28. The molecule has 0 aromatic carbocycles. The summed E-state index contributed by atoms with van der Waals surface area (Å²) in [5.41, 5.74) is 3.15. The van der Waals surface area contributed by atoms with Gasteiger partial charge in [-0.3, -0.25) is 4.79 Å². The highest BCUT2D eigenvalue weighted by atomic mass is 32.1. The number of nitrogens with one attached hydrogen (secondary N) is 1. The monoisotopic (exact) mass is 313 g/mol. The Hall–Kier alpha value is -2.14. The number of aromatic nitrogens is 2. The minimum atomic E-state index is 0.0831. The van der Waals surface area contributed by atoms with Crippen LogP contribution in [0.2, 0.25) is 0 Å². The van der Waals surface area contributed by atoms with Crippen molar-refractivity contribution >= 4 is 22.9 Å². The topological polar surface area (TPSA) is 46.4 Å². The quantitative estimate of drug-likeness (QED) is 0.760. The van der Waals surface area contributed by atoms with Crippen LogP contribution in [0.15, 0.2) is 47.4 Å². The molecular weight excluding hydrogens is 294 g/mol. The molecule has 0 radical (unpaired) electrons. The number of fused-ring (bicyclic) bond motifs is 1. The number of aryl methyl sites for hydroxylation is 1. The molecule has 22 heavy (non-hydrogen) atoms. The van der Waals surface area contributed by atoms with Crippen LogP contribution in [0.5, 0.6) is 0 Å². The lowest BCUT2D eigenvalue weighted by molar-refractivity contribution is -0.121. The lowest BCUT2D eigenvalue weighted by Crippen LogP contribution is -2.34. The number of hydrogen-bond acceptors (Lipinski definition) is 3. The molecule has 0 saturated carbocycles. The summed E-state index contributed by atoms with van der Waals surface area (Å²) >= 11 is 1.69. The normalized spacial score (nSPS) is 12.4. The highest BCUT2D eigenvalue weighted by Crippen LogP contribution is 2.09. The third-order valence-corrected chi connectivity index (χ3v) is 4.28. The van der Waals surface area contributed by atoms with Gasteiger partial charge in [0.1, 0.15) is 5.65 Å². The summed E-state index contributed by atoms with van der Waals surface area (Å²) in [7, 11) is 0. The molecule has 0 aliphatic rings. The highest BCUT2D eigenvalue weighted by Gasteiger charge is 2.10. The van der Waals surface area contributed by atoms with Gasteiger partial charge in [0.2, 0.25) is 5.91 Å². The van der Waals surface area contributed by atoms with Gasteiger partial charge < -0.3 is 9.72 Å². The predicted octanol–water partition coefficient (Wildman–Crippen LogP) is 3.08. The predicted molar refractivity (Wildman–Crippen MR) is 89.1 cm³/mol. The first kappa shape index (κ1) is 14.8. The molecule has 1 amide bonds. The van der Waals surface area contributed by atoms with Crippen LogP contribution in [0.4, 0.5) is 0 Å². The third kappa shape index (κ3) is 3.74. The molecule has 114 valence electrons. The number of carbonyl (C=O) groups is 1. The van der Waals surface area contributed by atoms with E-state index in [1.54, 1.807) is 11.3 Å². The van der Waals surface area contributed by atoms with E-state index in [1.807, 2.05) is 41.9 Å². The van der Waals surface area contributed by atoms with Gasteiger partial charge >= 0.3 is 0 Å². The summed E-state index contributed by atoms with van der Waals surface area (Å²) in [6.07, 6.45) is 5.96. The van der Waals surface area contributed by atoms with Crippen LogP contribution in [-0.2, 0) is 17.6 Å². The van der Waals surface area contributed by atoms with Gasteiger partial charge in [0.25, 0.3) is 0 Å². The zero-order valence-corrected chi connectivity index (χ0v) is 13.3. The van der Waals surface area contributed by atoms with E-state index < -0.39 is 0 Å². The maximum Gasteiger partial charge on any atom is 0.220 e. The number of pyridine rings is 1. The van der Waals surface area contributed by atoms with Crippen molar-refractivity contribution < 1.29 is 4.79 Å². The van der Waals surface area contributed by atoms with Gasteiger partial charge in [-0.25, -0.2) is 4.98 Å². The minimum Gasteiger partial charge on any atom is -0.353 e. The van der Waals surface area contributed by atoms with Crippen molar-refractivity contribution in [1.82, 2.24) is 14.7 Å². The first-order valence-corrected chi connectivity index (χ1v) is 8.38. The molecule has 1 N–H and O–H groups in total. The second kappa shape index (κ2) is 6.75. The zero-order valence-electron chi connectivity index (χ0n) is 12.5. The Morgan fingerprint density at radius 1 is 1.41 bits per heavy atom. The van der Waals surface area contributed by atoms with Gasteiger partial charge in [0, 0.05) is 24.9 Å². The van der Waals surface area contributed by atoms with Crippen molar-refractivity contribution in [2.24, 2.45) is 0 Å². The molecular formula is C17H19N3OS. The SMILES string of the molecule is C[C@@H](Cc1ccsc1)NC(=O)CCc1cn2ccccc2n1. The number of thiophene rings is 1. The average molecular weight is 313 g/mol. The summed E-state index contributed by atoms with van der Waals surface area (Å²) in [4.78, 5) is 16.5. The number of hydrogen-bond donors (Lipinski definition) is 1. The van der Waals surface area contributed by atoms with Crippen molar-refractivity contribution in [2.75, 3.05) is 0 Å². The molecule has 0 unspecified atom stereocenters. The molecule has 4 nitrogen and oxygen atoms in total. The lowest BCUT2D eigenvalue weighted by atomic mass is 10.1. The van der Waals surface area contributed by atoms with E-state index in [1.165, 1.54) is 5.56 Å². The largest absolute Gasteiger partial charge is 0.353 e. The van der Waals surface area contributed by atoms with E-state index in [2.05, 4.69) is 27.1 Å². The summed E-state index contributed by atoms with van der Waals surface area (Å²) < 4.78 is 1.98. The molecule has 3 aromatic rings. The van der Waals surface area contributed by atoms with Crippen LogP contribution in [-0.4, -0.2) is 21.3 Å². The maximum atomic E-state index is 12.0. The molecule has 0 bridgehead atoms. The van der Waals surface area contributed by atoms with Crippen molar-refractivity contribution in [3.8, 4) is 0 Å². The van der Waals surface area contributed by atoms with Gasteiger partial charge in [-0.2, -0.15) is 11.3 Å². The van der Waals surface area contributed by atoms with Gasteiger partial charge in [0.05, 0.1) is 5.69 Å². The Balaban J connectivity index is 1.49. The first-order chi connectivity index (χ1) is 10.7. The standard InChI is InChI=1S/C17H19N3OS/c1-13(10-14-7-9-22-12-14)18-17(21)6-5-15-11-20-8-3-2-4-16(20)19-15/h2-4,7-9,11-13H,5-6,10H2,1H3,(H,18,21)/t13-/m0/s1. The van der Waals surface area contributed by atoms with E-state index >= 15 is 0 Å². The van der Waals surface area contributed by atoms with Crippen molar-refractivity contribution in [3.63, 3.8) is 0 Å². The molecule has 5 heteroatoms.